The van der Waals surface area contributed by atoms with Gasteiger partial charge in [-0.25, -0.2) is 4.98 Å². The summed E-state index contributed by atoms with van der Waals surface area (Å²) in [5.74, 6) is 1.96. The number of carbonyl (C=O) groups excluding carboxylic acids is 1. The lowest BCUT2D eigenvalue weighted by Gasteiger charge is -2.24. The standard InChI is InChI=1S/C22H25N3O4S.ClH/c1-4-24(5-2)9-10-25(21(26)15-7-6-8-16(11-15)27-3)22-23-17-12-18-19(29-14-28-18)13-20(17)30-22;/h6-8,11-13H,4-5,9-10,14H2,1-3H3;1H. The largest absolute Gasteiger partial charge is 0.497 e. The van der Waals surface area contributed by atoms with Crippen LogP contribution in [0.15, 0.2) is 36.4 Å². The predicted octanol–water partition coefficient (Wildman–Crippen LogP) is 4.44. The Hall–Kier alpha value is -2.55. The van der Waals surface area contributed by atoms with E-state index in [0.717, 1.165) is 29.9 Å². The van der Waals surface area contributed by atoms with Crippen molar-refractivity contribution in [2.45, 2.75) is 13.8 Å². The van der Waals surface area contributed by atoms with Gasteiger partial charge in [0.1, 0.15) is 5.75 Å². The van der Waals surface area contributed by atoms with Gasteiger partial charge in [-0.3, -0.25) is 9.69 Å². The van der Waals surface area contributed by atoms with Crippen molar-refractivity contribution >= 4 is 45.0 Å². The maximum atomic E-state index is 13.4. The Kier molecular flexibility index (Phi) is 7.59. The quantitative estimate of drug-likeness (QED) is 0.492. The number of carbonyl (C=O) groups is 1. The van der Waals surface area contributed by atoms with Gasteiger partial charge in [-0.05, 0) is 31.3 Å². The molecule has 0 fully saturated rings. The SMILES string of the molecule is CCN(CC)CCN(C(=O)c1cccc(OC)c1)c1nc2cc3c(cc2s1)OCO3.Cl. The topological polar surface area (TPSA) is 64.1 Å². The summed E-state index contributed by atoms with van der Waals surface area (Å²) in [7, 11) is 1.60. The Morgan fingerprint density at radius 2 is 1.87 bits per heavy atom. The summed E-state index contributed by atoms with van der Waals surface area (Å²) in [4.78, 5) is 22.2. The number of rotatable bonds is 8. The number of hydrogen-bond acceptors (Lipinski definition) is 7. The number of thiazole rings is 1. The van der Waals surface area contributed by atoms with Crippen LogP contribution in [0, 0.1) is 0 Å². The second-order valence-electron chi connectivity index (χ2n) is 6.89. The molecular formula is C22H26ClN3O4S. The van der Waals surface area contributed by atoms with E-state index in [1.54, 1.807) is 24.1 Å². The summed E-state index contributed by atoms with van der Waals surface area (Å²) in [5.41, 5.74) is 1.37. The average molecular weight is 464 g/mol. The van der Waals surface area contributed by atoms with Crippen LogP contribution < -0.4 is 19.1 Å². The first-order valence-corrected chi connectivity index (χ1v) is 10.8. The number of nitrogens with zero attached hydrogens (tertiary/aromatic N) is 3. The summed E-state index contributed by atoms with van der Waals surface area (Å²) >= 11 is 1.48. The molecule has 9 heteroatoms. The van der Waals surface area contributed by atoms with Crippen molar-refractivity contribution in [2.24, 2.45) is 0 Å². The summed E-state index contributed by atoms with van der Waals surface area (Å²) in [6.07, 6.45) is 0. The lowest BCUT2D eigenvalue weighted by Crippen LogP contribution is -2.38. The Balaban J connectivity index is 0.00000272. The predicted molar refractivity (Wildman–Crippen MR) is 125 cm³/mol. The van der Waals surface area contributed by atoms with Crippen molar-refractivity contribution in [3.8, 4) is 17.2 Å². The molecule has 4 rings (SSSR count). The van der Waals surface area contributed by atoms with Crippen LogP contribution in [0.4, 0.5) is 5.13 Å². The number of aromatic nitrogens is 1. The summed E-state index contributed by atoms with van der Waals surface area (Å²) in [6, 6.07) is 11.0. The van der Waals surface area contributed by atoms with Crippen LogP contribution >= 0.6 is 23.7 Å². The van der Waals surface area contributed by atoms with E-state index in [4.69, 9.17) is 19.2 Å². The zero-order chi connectivity index (χ0) is 21.1. The number of anilines is 1. The van der Waals surface area contributed by atoms with E-state index in [-0.39, 0.29) is 25.1 Å². The van der Waals surface area contributed by atoms with Gasteiger partial charge in [-0.15, -0.1) is 12.4 Å². The highest BCUT2D eigenvalue weighted by Gasteiger charge is 2.24. The zero-order valence-corrected chi connectivity index (χ0v) is 19.4. The van der Waals surface area contributed by atoms with Gasteiger partial charge in [0.05, 0.1) is 17.3 Å². The first-order valence-electron chi connectivity index (χ1n) is 10.0. The number of methoxy groups -OCH3 is 1. The average Bonchev–Trinajstić information content (AvgIpc) is 3.40. The highest BCUT2D eigenvalue weighted by Crippen LogP contribution is 2.40. The third-order valence-corrected chi connectivity index (χ3v) is 6.24. The van der Waals surface area contributed by atoms with Gasteiger partial charge < -0.3 is 19.1 Å². The van der Waals surface area contributed by atoms with Gasteiger partial charge in [0, 0.05) is 30.8 Å². The molecule has 166 valence electrons. The summed E-state index contributed by atoms with van der Waals surface area (Å²) in [6.45, 7) is 7.64. The van der Waals surface area contributed by atoms with Crippen LogP contribution in [0.5, 0.6) is 17.2 Å². The third kappa shape index (κ3) is 4.87. The van der Waals surface area contributed by atoms with E-state index in [2.05, 4.69) is 18.7 Å². The molecule has 2 heterocycles. The number of amides is 1. The minimum Gasteiger partial charge on any atom is -0.497 e. The molecule has 1 aliphatic rings. The number of fused-ring (bicyclic) bond motifs is 2. The Bertz CT molecular complexity index is 1010. The lowest BCUT2D eigenvalue weighted by molar-refractivity contribution is 0.0983. The fourth-order valence-electron chi connectivity index (χ4n) is 3.40. The van der Waals surface area contributed by atoms with Gasteiger partial charge in [-0.1, -0.05) is 31.3 Å². The van der Waals surface area contributed by atoms with E-state index < -0.39 is 0 Å². The molecule has 2 aromatic carbocycles. The first kappa shape index (κ1) is 23.1. The van der Waals surface area contributed by atoms with Crippen LogP contribution in [0.3, 0.4) is 0 Å². The maximum Gasteiger partial charge on any atom is 0.260 e. The van der Waals surface area contributed by atoms with Crippen molar-refractivity contribution in [3.63, 3.8) is 0 Å². The highest BCUT2D eigenvalue weighted by atomic mass is 35.5. The molecule has 0 unspecified atom stereocenters. The number of hydrogen-bond donors (Lipinski definition) is 0. The van der Waals surface area contributed by atoms with Crippen LogP contribution in [-0.2, 0) is 0 Å². The van der Waals surface area contributed by atoms with Crippen LogP contribution in [0.25, 0.3) is 10.2 Å². The normalized spacial score (nSPS) is 12.1. The summed E-state index contributed by atoms with van der Waals surface area (Å²) < 4.78 is 17.2. The zero-order valence-electron chi connectivity index (χ0n) is 17.8. The fourth-order valence-corrected chi connectivity index (χ4v) is 4.40. The second kappa shape index (κ2) is 10.2. The van der Waals surface area contributed by atoms with Crippen molar-refractivity contribution in [1.29, 1.82) is 0 Å². The highest BCUT2D eigenvalue weighted by molar-refractivity contribution is 7.22. The second-order valence-corrected chi connectivity index (χ2v) is 7.89. The molecule has 1 amide bonds. The molecule has 0 spiro atoms. The molecule has 3 aromatic rings. The van der Waals surface area contributed by atoms with E-state index >= 15 is 0 Å². The van der Waals surface area contributed by atoms with Crippen LogP contribution in [-0.4, -0.2) is 55.9 Å². The number of likely N-dealkylation sites (N-methyl/N-ethyl adjacent to an activating group) is 1. The smallest absolute Gasteiger partial charge is 0.260 e. The van der Waals surface area contributed by atoms with Crippen LogP contribution in [0.2, 0.25) is 0 Å². The van der Waals surface area contributed by atoms with Gasteiger partial charge >= 0.3 is 0 Å². The Morgan fingerprint density at radius 1 is 1.13 bits per heavy atom. The van der Waals surface area contributed by atoms with Crippen molar-refractivity contribution in [2.75, 3.05) is 45.0 Å². The maximum absolute atomic E-state index is 13.4. The van der Waals surface area contributed by atoms with Crippen LogP contribution in [0.1, 0.15) is 24.2 Å². The van der Waals surface area contributed by atoms with E-state index in [9.17, 15) is 4.79 Å². The van der Waals surface area contributed by atoms with Crippen molar-refractivity contribution in [3.05, 3.63) is 42.0 Å². The van der Waals surface area contributed by atoms with Gasteiger partial charge in [-0.2, -0.15) is 0 Å². The molecule has 7 nitrogen and oxygen atoms in total. The Labute approximate surface area is 191 Å². The molecule has 0 saturated heterocycles. The third-order valence-electron chi connectivity index (χ3n) is 5.20. The van der Waals surface area contributed by atoms with E-state index in [1.165, 1.54) is 11.3 Å². The Morgan fingerprint density at radius 3 is 2.58 bits per heavy atom. The molecular weight excluding hydrogens is 438 g/mol. The molecule has 1 aliphatic heterocycles. The van der Waals surface area contributed by atoms with Gasteiger partial charge in [0.15, 0.2) is 16.6 Å². The fraction of sp³-hybridized carbons (Fsp3) is 0.364. The molecule has 0 radical (unpaired) electrons. The van der Waals surface area contributed by atoms with Crippen molar-refractivity contribution < 1.29 is 19.0 Å². The van der Waals surface area contributed by atoms with Gasteiger partial charge in [0.2, 0.25) is 6.79 Å². The molecule has 1 aromatic heterocycles. The molecule has 0 N–H and O–H groups in total. The molecule has 0 aliphatic carbocycles. The minimum atomic E-state index is -0.0971. The molecule has 0 atom stereocenters. The minimum absolute atomic E-state index is 0. The van der Waals surface area contributed by atoms with Crippen molar-refractivity contribution in [1.82, 2.24) is 9.88 Å². The van der Waals surface area contributed by atoms with E-state index in [0.29, 0.717) is 34.5 Å². The molecule has 0 bridgehead atoms. The monoisotopic (exact) mass is 463 g/mol. The molecule has 0 saturated carbocycles. The number of ether oxygens (including phenoxy) is 3. The number of halogens is 1. The summed E-state index contributed by atoms with van der Waals surface area (Å²) in [5, 5.41) is 0.661. The number of benzene rings is 2. The lowest BCUT2D eigenvalue weighted by atomic mass is 10.2. The first-order chi connectivity index (χ1) is 14.6. The molecule has 31 heavy (non-hydrogen) atoms. The van der Waals surface area contributed by atoms with E-state index in [1.807, 2.05) is 24.3 Å². The van der Waals surface area contributed by atoms with Gasteiger partial charge in [0.25, 0.3) is 5.91 Å².